The van der Waals surface area contributed by atoms with Crippen LogP contribution in [0.15, 0.2) is 0 Å². The number of hydrogen-bond donors (Lipinski definition) is 6. The number of carboxylic acids is 3. The number of carboxylic acid groups (broad SMARTS) is 3. The minimum atomic E-state index is -3.07. The van der Waals surface area contributed by atoms with E-state index in [0.29, 0.717) is 0 Å². The fourth-order valence-corrected chi connectivity index (χ4v) is 1.18. The SMILES string of the molecule is O=C(O)CC(O)(CC(=O)OC(=O)C(O)C(O)C(=O)O)C(=O)O.[NaH]. The Bertz CT molecular complexity index is 502. The van der Waals surface area contributed by atoms with Crippen LogP contribution in [0.4, 0.5) is 0 Å². The maximum absolute atomic E-state index is 11.3. The van der Waals surface area contributed by atoms with Gasteiger partial charge in [0.25, 0.3) is 0 Å². The number of carbonyl (C=O) groups is 5. The summed E-state index contributed by atoms with van der Waals surface area (Å²) in [5.74, 6) is -9.49. The van der Waals surface area contributed by atoms with E-state index in [1.807, 2.05) is 0 Å². The number of carbonyl (C=O) groups excluding carboxylic acids is 2. The molecule has 6 N–H and O–H groups in total. The van der Waals surface area contributed by atoms with Crippen LogP contribution < -0.4 is 0 Å². The van der Waals surface area contributed by atoms with Gasteiger partial charge in [-0.25, -0.2) is 14.4 Å². The third-order valence-electron chi connectivity index (χ3n) is 2.29. The summed E-state index contributed by atoms with van der Waals surface area (Å²) in [6, 6.07) is 0. The first kappa shape index (κ1) is 23.7. The Morgan fingerprint density at radius 3 is 1.74 bits per heavy atom. The molecule has 0 aromatic rings. The summed E-state index contributed by atoms with van der Waals surface area (Å²) in [6.45, 7) is 0. The maximum atomic E-state index is 11.3. The van der Waals surface area contributed by atoms with Gasteiger partial charge in [-0.05, 0) is 0 Å². The predicted molar refractivity (Wildman–Crippen MR) is 67.4 cm³/mol. The van der Waals surface area contributed by atoms with Gasteiger partial charge in [0.1, 0.15) is 0 Å². The quantitative estimate of drug-likeness (QED) is 0.140. The third kappa shape index (κ3) is 7.49. The fourth-order valence-electron chi connectivity index (χ4n) is 1.18. The molecule has 0 fully saturated rings. The monoisotopic (exact) mass is 348 g/mol. The molecule has 0 spiro atoms. The van der Waals surface area contributed by atoms with Crippen molar-refractivity contribution in [2.24, 2.45) is 0 Å². The van der Waals surface area contributed by atoms with E-state index in [2.05, 4.69) is 4.74 Å². The molecule has 0 aliphatic carbocycles. The topological polar surface area (TPSA) is 216 Å². The normalized spacial score (nSPS) is 15.3. The number of aliphatic hydroxyl groups excluding tert-OH is 2. The van der Waals surface area contributed by atoms with Gasteiger partial charge in [-0.2, -0.15) is 0 Å². The first-order valence-electron chi connectivity index (χ1n) is 5.41. The molecule has 0 rings (SSSR count). The van der Waals surface area contributed by atoms with E-state index in [1.165, 1.54) is 0 Å². The summed E-state index contributed by atoms with van der Waals surface area (Å²) in [4.78, 5) is 53.8. The molecule has 12 nitrogen and oxygen atoms in total. The second-order valence-electron chi connectivity index (χ2n) is 4.11. The fraction of sp³-hybridized carbons (Fsp3) is 0.500. The Morgan fingerprint density at radius 2 is 1.39 bits per heavy atom. The van der Waals surface area contributed by atoms with Gasteiger partial charge in [-0.3, -0.25) is 9.59 Å². The average Bonchev–Trinajstić information content (AvgIpc) is 2.34. The molecular weight excluding hydrogens is 335 g/mol. The Morgan fingerprint density at radius 1 is 0.913 bits per heavy atom. The van der Waals surface area contributed by atoms with Gasteiger partial charge in [0.15, 0.2) is 17.8 Å². The van der Waals surface area contributed by atoms with Crippen LogP contribution in [-0.2, 0) is 28.7 Å². The van der Waals surface area contributed by atoms with Crippen molar-refractivity contribution >= 4 is 59.4 Å². The van der Waals surface area contributed by atoms with E-state index in [1.54, 1.807) is 0 Å². The van der Waals surface area contributed by atoms with E-state index in [4.69, 9.17) is 25.5 Å². The van der Waals surface area contributed by atoms with Crippen molar-refractivity contribution in [3.63, 3.8) is 0 Å². The minimum absolute atomic E-state index is 0. The van der Waals surface area contributed by atoms with Crippen LogP contribution in [0.1, 0.15) is 12.8 Å². The van der Waals surface area contributed by atoms with Gasteiger partial charge in [-0.1, -0.05) is 0 Å². The molecule has 0 heterocycles. The first-order chi connectivity index (χ1) is 9.90. The molecule has 0 aromatic heterocycles. The van der Waals surface area contributed by atoms with E-state index < -0.39 is 60.5 Å². The molecule has 13 heteroatoms. The summed E-state index contributed by atoms with van der Waals surface area (Å²) in [5, 5.41) is 52.7. The molecule has 126 valence electrons. The van der Waals surface area contributed by atoms with Gasteiger partial charge in [0, 0.05) is 0 Å². The zero-order valence-electron chi connectivity index (χ0n) is 10.7. The van der Waals surface area contributed by atoms with Gasteiger partial charge in [0.2, 0.25) is 0 Å². The van der Waals surface area contributed by atoms with E-state index in [9.17, 15) is 29.1 Å². The van der Waals surface area contributed by atoms with Crippen molar-refractivity contribution in [2.45, 2.75) is 30.7 Å². The van der Waals surface area contributed by atoms with Crippen LogP contribution in [-0.4, -0.2) is 108 Å². The molecule has 0 amide bonds. The van der Waals surface area contributed by atoms with Gasteiger partial charge in [-0.15, -0.1) is 0 Å². The summed E-state index contributed by atoms with van der Waals surface area (Å²) < 4.78 is 3.84. The van der Waals surface area contributed by atoms with E-state index in [-0.39, 0.29) is 29.6 Å². The van der Waals surface area contributed by atoms with Crippen molar-refractivity contribution < 1.29 is 59.3 Å². The number of aliphatic hydroxyl groups is 3. The number of rotatable bonds is 8. The van der Waals surface area contributed by atoms with Crippen LogP contribution in [0.5, 0.6) is 0 Å². The summed E-state index contributed by atoms with van der Waals surface area (Å²) >= 11 is 0. The number of hydrogen-bond acceptors (Lipinski definition) is 9. The molecule has 0 radical (unpaired) electrons. The summed E-state index contributed by atoms with van der Waals surface area (Å²) in [7, 11) is 0. The zero-order chi connectivity index (χ0) is 17.7. The van der Waals surface area contributed by atoms with Crippen molar-refractivity contribution in [1.82, 2.24) is 0 Å². The second kappa shape index (κ2) is 9.54. The van der Waals surface area contributed by atoms with Gasteiger partial charge < -0.3 is 35.4 Å². The molecule has 3 unspecified atom stereocenters. The van der Waals surface area contributed by atoms with Crippen molar-refractivity contribution in [2.75, 3.05) is 0 Å². The molecule has 23 heavy (non-hydrogen) atoms. The second-order valence-corrected chi connectivity index (χ2v) is 4.11. The first-order valence-corrected chi connectivity index (χ1v) is 5.41. The Hall–Kier alpha value is -1.57. The van der Waals surface area contributed by atoms with Crippen molar-refractivity contribution in [3.05, 3.63) is 0 Å². The molecule has 0 bridgehead atoms. The number of ether oxygens (including phenoxy) is 1. The Labute approximate surface area is 149 Å². The molecule has 0 aliphatic heterocycles. The van der Waals surface area contributed by atoms with Crippen LogP contribution in [0.25, 0.3) is 0 Å². The molecule has 0 saturated heterocycles. The predicted octanol–water partition coefficient (Wildman–Crippen LogP) is -4.11. The van der Waals surface area contributed by atoms with Gasteiger partial charge in [0.05, 0.1) is 12.8 Å². The summed E-state index contributed by atoms with van der Waals surface area (Å²) in [5.41, 5.74) is -3.07. The number of esters is 2. The Balaban J connectivity index is 0. The van der Waals surface area contributed by atoms with Crippen molar-refractivity contribution in [3.8, 4) is 0 Å². The van der Waals surface area contributed by atoms with Gasteiger partial charge >= 0.3 is 59.4 Å². The summed E-state index contributed by atoms with van der Waals surface area (Å²) in [6.07, 6.45) is -8.08. The third-order valence-corrected chi connectivity index (χ3v) is 2.29. The standard InChI is InChI=1S/C10H12O12.Na.H/c11-3(12)1-10(21,9(19)20)2-4(13)22-8(18)6(15)5(14)7(16)17;;/h5-6,14-15,21H,1-2H2,(H,11,12)(H,16,17)(H,19,20);;. The zero-order valence-corrected chi connectivity index (χ0v) is 10.7. The average molecular weight is 348 g/mol. The van der Waals surface area contributed by atoms with Crippen LogP contribution in [0, 0.1) is 0 Å². The molecular formula is C10H13NaO12. The number of aliphatic carboxylic acids is 3. The van der Waals surface area contributed by atoms with Crippen molar-refractivity contribution in [1.29, 1.82) is 0 Å². The molecule has 0 aromatic carbocycles. The molecule has 3 atom stereocenters. The van der Waals surface area contributed by atoms with Crippen LogP contribution in [0.2, 0.25) is 0 Å². The molecule has 0 saturated carbocycles. The van der Waals surface area contributed by atoms with E-state index >= 15 is 0 Å². The van der Waals surface area contributed by atoms with Crippen LogP contribution >= 0.6 is 0 Å². The Kier molecular flexibility index (Phi) is 9.83. The van der Waals surface area contributed by atoms with E-state index in [0.717, 1.165) is 0 Å². The van der Waals surface area contributed by atoms with Crippen LogP contribution in [0.3, 0.4) is 0 Å². The molecule has 0 aliphatic rings.